The fraction of sp³-hybridized carbons (Fsp3) is 0.167. The van der Waals surface area contributed by atoms with Gasteiger partial charge in [-0.15, -0.1) is 0 Å². The molecule has 7 heteroatoms. The van der Waals surface area contributed by atoms with Crippen molar-refractivity contribution in [2.75, 3.05) is 5.75 Å². The van der Waals surface area contributed by atoms with Crippen LogP contribution in [0.1, 0.15) is 18.1 Å². The van der Waals surface area contributed by atoms with Crippen LogP contribution in [0.25, 0.3) is 0 Å². The number of carbonyl (C=O) groups is 1. The molecule has 0 aliphatic rings. The van der Waals surface area contributed by atoms with Gasteiger partial charge in [0.25, 0.3) is 0 Å². The van der Waals surface area contributed by atoms with Crippen LogP contribution in [0.2, 0.25) is 0 Å². The number of phenols is 1. The van der Waals surface area contributed by atoms with E-state index < -0.39 is 16.4 Å². The molecule has 1 aromatic carbocycles. The number of nitriles is 1. The van der Waals surface area contributed by atoms with Crippen LogP contribution in [0.4, 0.5) is 5.69 Å². The zero-order chi connectivity index (χ0) is 14.4. The number of aromatic hydroxyl groups is 1. The molecule has 0 fully saturated rings. The van der Waals surface area contributed by atoms with Crippen LogP contribution in [0.5, 0.6) is 5.75 Å². The Morgan fingerprint density at radius 3 is 2.79 bits per heavy atom. The van der Waals surface area contributed by atoms with E-state index in [1.807, 2.05) is 0 Å². The molecule has 0 aliphatic heterocycles. The number of hydrogen-bond acceptors (Lipinski definition) is 6. The van der Waals surface area contributed by atoms with Crippen molar-refractivity contribution < 1.29 is 14.8 Å². The zero-order valence-electron chi connectivity index (χ0n) is 9.84. The predicted octanol–water partition coefficient (Wildman–Crippen LogP) is 1.80. The molecule has 0 saturated heterocycles. The summed E-state index contributed by atoms with van der Waals surface area (Å²) in [6.45, 7) is 1.39. The number of rotatable bonds is 2. The summed E-state index contributed by atoms with van der Waals surface area (Å²) < 4.78 is 0. The smallest absolute Gasteiger partial charge is 0.313 e. The number of benzene rings is 1. The molecule has 0 heterocycles. The Morgan fingerprint density at radius 2 is 2.26 bits per heavy atom. The van der Waals surface area contributed by atoms with E-state index in [1.165, 1.54) is 13.0 Å². The molecule has 19 heavy (non-hydrogen) atoms. The molecule has 1 aromatic rings. The van der Waals surface area contributed by atoms with Crippen molar-refractivity contribution >= 4 is 22.6 Å². The van der Waals surface area contributed by atoms with Crippen LogP contribution in [-0.4, -0.2) is 20.9 Å². The van der Waals surface area contributed by atoms with Crippen LogP contribution >= 0.6 is 11.8 Å². The molecule has 0 amide bonds. The Morgan fingerprint density at radius 1 is 1.58 bits per heavy atom. The summed E-state index contributed by atoms with van der Waals surface area (Å²) in [6.07, 6.45) is 0. The molecule has 0 atom stereocenters. The van der Waals surface area contributed by atoms with Crippen LogP contribution < -0.4 is 0 Å². The summed E-state index contributed by atoms with van der Waals surface area (Å²) in [7, 11) is 0. The lowest BCUT2D eigenvalue weighted by atomic mass is 10.1. The summed E-state index contributed by atoms with van der Waals surface area (Å²) in [4.78, 5) is 20.6. The minimum atomic E-state index is -0.786. The lowest BCUT2D eigenvalue weighted by Gasteiger charge is -1.99. The first-order chi connectivity index (χ1) is 8.95. The highest BCUT2D eigenvalue weighted by Crippen LogP contribution is 2.30. The van der Waals surface area contributed by atoms with Gasteiger partial charge in [0.05, 0.1) is 27.9 Å². The van der Waals surface area contributed by atoms with E-state index in [9.17, 15) is 20.0 Å². The molecular formula is C12H8N2O4S. The summed E-state index contributed by atoms with van der Waals surface area (Å²) in [6, 6.07) is 3.99. The van der Waals surface area contributed by atoms with Crippen molar-refractivity contribution in [2.45, 2.75) is 6.92 Å². The number of phenolic OH excluding ortho intramolecular Hbond substituents is 1. The first kappa shape index (κ1) is 14.6. The molecule has 0 unspecified atom stereocenters. The van der Waals surface area contributed by atoms with Gasteiger partial charge in [0.15, 0.2) is 5.12 Å². The standard InChI is InChI=1S/C12H8N2O4S/c1-8(15)19-4-2-3-10-5-9(7-13)6-11(12(10)16)14(17)18/h5-6,16H,4H2,1H3. The summed E-state index contributed by atoms with van der Waals surface area (Å²) in [5, 5.41) is 29.0. The van der Waals surface area contributed by atoms with Crippen molar-refractivity contribution in [3.8, 4) is 23.7 Å². The highest BCUT2D eigenvalue weighted by atomic mass is 32.2. The zero-order valence-corrected chi connectivity index (χ0v) is 10.7. The molecule has 96 valence electrons. The lowest BCUT2D eigenvalue weighted by molar-refractivity contribution is -0.385. The molecule has 1 N–H and O–H groups in total. The van der Waals surface area contributed by atoms with Gasteiger partial charge in [0, 0.05) is 13.0 Å². The maximum Gasteiger partial charge on any atom is 0.313 e. The average molecular weight is 276 g/mol. The van der Waals surface area contributed by atoms with Gasteiger partial charge in [0.2, 0.25) is 5.75 Å². The van der Waals surface area contributed by atoms with E-state index in [1.54, 1.807) is 6.07 Å². The molecule has 6 nitrogen and oxygen atoms in total. The number of nitro benzene ring substituents is 1. The van der Waals surface area contributed by atoms with Crippen molar-refractivity contribution in [1.29, 1.82) is 5.26 Å². The minimum Gasteiger partial charge on any atom is -0.501 e. The van der Waals surface area contributed by atoms with Gasteiger partial charge in [0.1, 0.15) is 0 Å². The van der Waals surface area contributed by atoms with Crippen LogP contribution in [0.15, 0.2) is 12.1 Å². The molecule has 0 saturated carbocycles. The molecule has 1 rings (SSSR count). The van der Waals surface area contributed by atoms with E-state index >= 15 is 0 Å². The molecule has 0 radical (unpaired) electrons. The number of hydrogen-bond donors (Lipinski definition) is 1. The van der Waals surface area contributed by atoms with Crippen molar-refractivity contribution in [3.63, 3.8) is 0 Å². The van der Waals surface area contributed by atoms with E-state index in [0.717, 1.165) is 17.8 Å². The maximum atomic E-state index is 10.7. The second-order valence-electron chi connectivity index (χ2n) is 3.34. The normalized spacial score (nSPS) is 9.05. The fourth-order valence-electron chi connectivity index (χ4n) is 1.19. The molecule has 0 aliphatic carbocycles. The first-order valence-electron chi connectivity index (χ1n) is 4.99. The van der Waals surface area contributed by atoms with E-state index in [2.05, 4.69) is 11.8 Å². The summed E-state index contributed by atoms with van der Waals surface area (Å²) >= 11 is 0.984. The topological polar surface area (TPSA) is 104 Å². The highest BCUT2D eigenvalue weighted by molar-refractivity contribution is 8.13. The van der Waals surface area contributed by atoms with Crippen molar-refractivity contribution in [3.05, 3.63) is 33.4 Å². The Labute approximate surface area is 113 Å². The SMILES string of the molecule is CC(=O)SCC#Cc1cc(C#N)cc([N+](=O)[O-])c1O. The number of nitro groups is 1. The van der Waals surface area contributed by atoms with Gasteiger partial charge in [-0.2, -0.15) is 5.26 Å². The Hall–Kier alpha value is -2.51. The largest absolute Gasteiger partial charge is 0.501 e. The third-order valence-electron chi connectivity index (χ3n) is 1.99. The third-order valence-corrected chi connectivity index (χ3v) is 2.68. The van der Waals surface area contributed by atoms with E-state index in [4.69, 9.17) is 5.26 Å². The Kier molecular flexibility index (Phi) is 4.92. The second kappa shape index (κ2) is 6.43. The number of thioether (sulfide) groups is 1. The Balaban J connectivity index is 3.13. The summed E-state index contributed by atoms with van der Waals surface area (Å²) in [5.74, 6) is 4.73. The average Bonchev–Trinajstić information content (AvgIpc) is 2.35. The quantitative estimate of drug-likeness (QED) is 0.501. The minimum absolute atomic E-state index is 0.00472. The first-order valence-corrected chi connectivity index (χ1v) is 5.98. The van der Waals surface area contributed by atoms with Crippen LogP contribution in [0, 0.1) is 33.3 Å². The van der Waals surface area contributed by atoms with Crippen LogP contribution in [0.3, 0.4) is 0 Å². The fourth-order valence-corrected chi connectivity index (χ4v) is 1.53. The van der Waals surface area contributed by atoms with Gasteiger partial charge < -0.3 is 5.11 Å². The highest BCUT2D eigenvalue weighted by Gasteiger charge is 2.18. The van der Waals surface area contributed by atoms with E-state index in [0.29, 0.717) is 0 Å². The van der Waals surface area contributed by atoms with E-state index in [-0.39, 0.29) is 22.0 Å². The molecular weight excluding hydrogens is 268 g/mol. The number of nitrogens with zero attached hydrogens (tertiary/aromatic N) is 2. The van der Waals surface area contributed by atoms with Crippen LogP contribution in [-0.2, 0) is 4.79 Å². The second-order valence-corrected chi connectivity index (χ2v) is 4.49. The maximum absolute atomic E-state index is 10.7. The molecule has 0 spiro atoms. The van der Waals surface area contributed by atoms with Gasteiger partial charge in [-0.25, -0.2) is 0 Å². The van der Waals surface area contributed by atoms with Gasteiger partial charge in [-0.1, -0.05) is 23.6 Å². The predicted molar refractivity (Wildman–Crippen MR) is 69.5 cm³/mol. The van der Waals surface area contributed by atoms with Crippen molar-refractivity contribution in [2.24, 2.45) is 0 Å². The molecule has 0 aromatic heterocycles. The van der Waals surface area contributed by atoms with Gasteiger partial charge >= 0.3 is 5.69 Å². The monoisotopic (exact) mass is 276 g/mol. The van der Waals surface area contributed by atoms with Gasteiger partial charge in [-0.05, 0) is 6.07 Å². The third kappa shape index (κ3) is 4.02. The molecule has 0 bridgehead atoms. The van der Waals surface area contributed by atoms with Crippen molar-refractivity contribution in [1.82, 2.24) is 0 Å². The van der Waals surface area contributed by atoms with Gasteiger partial charge in [-0.3, -0.25) is 14.9 Å². The summed E-state index contributed by atoms with van der Waals surface area (Å²) in [5.41, 5.74) is -0.537. The lowest BCUT2D eigenvalue weighted by Crippen LogP contribution is -1.92. The Bertz CT molecular complexity index is 638. The number of carbonyl (C=O) groups excluding carboxylic acids is 1.